The van der Waals surface area contributed by atoms with Crippen LogP contribution in [0, 0.1) is 5.92 Å². The Bertz CT molecular complexity index is 860. The fourth-order valence-electron chi connectivity index (χ4n) is 3.44. The molecule has 166 valence electrons. The molecule has 11 heteroatoms. The minimum Gasteiger partial charge on any atom is -0.475 e. The fraction of sp³-hybridized carbons (Fsp3) is 0.632. The van der Waals surface area contributed by atoms with Crippen LogP contribution >= 0.6 is 0 Å². The summed E-state index contributed by atoms with van der Waals surface area (Å²) in [6.45, 7) is 4.63. The first-order valence-electron chi connectivity index (χ1n) is 9.72. The van der Waals surface area contributed by atoms with Crippen LogP contribution in [-0.2, 0) is 36.7 Å². The quantitative estimate of drug-likeness (QED) is 0.759. The average Bonchev–Trinajstić information content (AvgIpc) is 3.29. The molecule has 1 unspecified atom stereocenters. The summed E-state index contributed by atoms with van der Waals surface area (Å²) in [6, 6.07) is 0. The summed E-state index contributed by atoms with van der Waals surface area (Å²) >= 11 is 0. The van der Waals surface area contributed by atoms with Crippen LogP contribution in [0.15, 0.2) is 18.6 Å². The van der Waals surface area contributed by atoms with Gasteiger partial charge in [0.1, 0.15) is 0 Å². The number of nitrogens with zero attached hydrogens (tertiary/aromatic N) is 5. The highest BCUT2D eigenvalue weighted by atomic mass is 19.4. The predicted molar refractivity (Wildman–Crippen MR) is 101 cm³/mol. The number of aliphatic carboxylic acids is 1. The zero-order valence-corrected chi connectivity index (χ0v) is 17.0. The van der Waals surface area contributed by atoms with Gasteiger partial charge >= 0.3 is 12.1 Å². The van der Waals surface area contributed by atoms with Crippen molar-refractivity contribution in [2.24, 2.45) is 20.0 Å². The molecule has 0 saturated heterocycles. The number of carboxylic acid groups (broad SMARTS) is 1. The van der Waals surface area contributed by atoms with Crippen molar-refractivity contribution in [3.8, 4) is 0 Å². The zero-order valence-electron chi connectivity index (χ0n) is 17.0. The van der Waals surface area contributed by atoms with Gasteiger partial charge in [-0.05, 0) is 18.8 Å². The van der Waals surface area contributed by atoms with Gasteiger partial charge < -0.3 is 9.84 Å². The summed E-state index contributed by atoms with van der Waals surface area (Å²) in [5.74, 6) is -1.52. The Morgan fingerprint density at radius 2 is 1.93 bits per heavy atom. The van der Waals surface area contributed by atoms with Crippen molar-refractivity contribution >= 4 is 5.97 Å². The second-order valence-electron chi connectivity index (χ2n) is 7.84. The van der Waals surface area contributed by atoms with Crippen LogP contribution in [0.25, 0.3) is 0 Å². The van der Waals surface area contributed by atoms with Crippen molar-refractivity contribution in [3.05, 3.63) is 35.4 Å². The van der Waals surface area contributed by atoms with Gasteiger partial charge in [0.05, 0.1) is 24.7 Å². The maximum absolute atomic E-state index is 10.6. The van der Waals surface area contributed by atoms with E-state index in [1.807, 2.05) is 35.9 Å². The Hall–Kier alpha value is -2.40. The normalized spacial score (nSPS) is 19.2. The van der Waals surface area contributed by atoms with Gasteiger partial charge in [-0.15, -0.1) is 0 Å². The third-order valence-electron chi connectivity index (χ3n) is 5.16. The standard InChI is InChI=1S/C17H25N5O.C2HF3O2/c1-20-7-14(5-18-20)8-22-9-15(12-23-11-13-3-4-13)16-6-19-21(2)17(16)10-22;3-2(4,5)1(6)7/h5-7,13,15H,3-4,8-12H2,1-2H3;(H,6,7). The van der Waals surface area contributed by atoms with Crippen LogP contribution in [0.1, 0.15) is 35.6 Å². The topological polar surface area (TPSA) is 85.4 Å². The third-order valence-corrected chi connectivity index (χ3v) is 5.16. The number of aromatic nitrogens is 4. The lowest BCUT2D eigenvalue weighted by Crippen LogP contribution is -2.35. The number of rotatable bonds is 6. The lowest BCUT2D eigenvalue weighted by Gasteiger charge is -2.32. The fourth-order valence-corrected chi connectivity index (χ4v) is 3.44. The Labute approximate surface area is 172 Å². The SMILES string of the molecule is Cn1cc(CN2Cc3c(cnn3C)C(COCC3CC3)C2)cn1.O=C(O)C(F)(F)F. The van der Waals surface area contributed by atoms with Crippen molar-refractivity contribution < 1.29 is 27.8 Å². The van der Waals surface area contributed by atoms with Crippen molar-refractivity contribution in [2.45, 2.75) is 38.0 Å². The number of alkyl halides is 3. The largest absolute Gasteiger partial charge is 0.490 e. The van der Waals surface area contributed by atoms with E-state index in [1.54, 1.807) is 0 Å². The molecule has 0 radical (unpaired) electrons. The van der Waals surface area contributed by atoms with Gasteiger partial charge in [-0.1, -0.05) is 0 Å². The van der Waals surface area contributed by atoms with E-state index >= 15 is 0 Å². The predicted octanol–water partition coefficient (Wildman–Crippen LogP) is 2.31. The molecule has 0 aromatic carbocycles. The van der Waals surface area contributed by atoms with Crippen molar-refractivity contribution in [1.82, 2.24) is 24.5 Å². The molecule has 30 heavy (non-hydrogen) atoms. The second kappa shape index (κ2) is 9.17. The molecular formula is C19H26F3N5O3. The van der Waals surface area contributed by atoms with Gasteiger partial charge in [-0.3, -0.25) is 14.3 Å². The Balaban J connectivity index is 0.000000318. The molecule has 2 aliphatic rings. The third kappa shape index (κ3) is 6.05. The minimum atomic E-state index is -5.08. The van der Waals surface area contributed by atoms with Crippen LogP contribution in [0.3, 0.4) is 0 Å². The van der Waals surface area contributed by atoms with E-state index in [1.165, 1.54) is 29.7 Å². The Kier molecular flexibility index (Phi) is 6.81. The van der Waals surface area contributed by atoms with E-state index in [0.29, 0.717) is 5.92 Å². The molecular weight excluding hydrogens is 403 g/mol. The number of hydrogen-bond donors (Lipinski definition) is 1. The maximum atomic E-state index is 10.6. The smallest absolute Gasteiger partial charge is 0.475 e. The molecule has 0 bridgehead atoms. The number of carboxylic acids is 1. The van der Waals surface area contributed by atoms with Gasteiger partial charge in [0, 0.05) is 63.6 Å². The van der Waals surface area contributed by atoms with Crippen LogP contribution in [0.5, 0.6) is 0 Å². The summed E-state index contributed by atoms with van der Waals surface area (Å²) < 4.78 is 41.6. The van der Waals surface area contributed by atoms with Gasteiger partial charge in [0.25, 0.3) is 0 Å². The van der Waals surface area contributed by atoms with Gasteiger partial charge in [-0.2, -0.15) is 23.4 Å². The van der Waals surface area contributed by atoms with Crippen LogP contribution in [0.2, 0.25) is 0 Å². The van der Waals surface area contributed by atoms with Gasteiger partial charge in [0.15, 0.2) is 0 Å². The Morgan fingerprint density at radius 3 is 2.50 bits per heavy atom. The summed E-state index contributed by atoms with van der Waals surface area (Å²) in [6.07, 6.45) is 3.68. The lowest BCUT2D eigenvalue weighted by molar-refractivity contribution is -0.192. The average molecular weight is 429 g/mol. The van der Waals surface area contributed by atoms with E-state index < -0.39 is 12.1 Å². The Morgan fingerprint density at radius 1 is 1.23 bits per heavy atom. The highest BCUT2D eigenvalue weighted by Gasteiger charge is 2.38. The van der Waals surface area contributed by atoms with Gasteiger partial charge in [-0.25, -0.2) is 4.79 Å². The number of carbonyl (C=O) groups is 1. The van der Waals surface area contributed by atoms with Crippen LogP contribution in [-0.4, -0.2) is 61.5 Å². The first-order chi connectivity index (χ1) is 14.1. The van der Waals surface area contributed by atoms with Crippen molar-refractivity contribution in [3.63, 3.8) is 0 Å². The molecule has 2 aromatic rings. The molecule has 1 aliphatic carbocycles. The zero-order chi connectivity index (χ0) is 21.9. The molecule has 1 atom stereocenters. The molecule has 1 fully saturated rings. The van der Waals surface area contributed by atoms with Crippen LogP contribution < -0.4 is 0 Å². The molecule has 0 spiro atoms. The van der Waals surface area contributed by atoms with Crippen LogP contribution in [0.4, 0.5) is 13.2 Å². The van der Waals surface area contributed by atoms with Crippen molar-refractivity contribution in [2.75, 3.05) is 19.8 Å². The number of halogens is 3. The monoisotopic (exact) mass is 429 g/mol. The highest BCUT2D eigenvalue weighted by Crippen LogP contribution is 2.32. The molecule has 1 aliphatic heterocycles. The molecule has 3 heterocycles. The van der Waals surface area contributed by atoms with E-state index in [9.17, 15) is 13.2 Å². The molecule has 0 amide bonds. The second-order valence-corrected chi connectivity index (χ2v) is 7.84. The maximum Gasteiger partial charge on any atom is 0.490 e. The lowest BCUT2D eigenvalue weighted by atomic mass is 9.95. The number of hydrogen-bond acceptors (Lipinski definition) is 5. The summed E-state index contributed by atoms with van der Waals surface area (Å²) in [5.41, 5.74) is 3.95. The summed E-state index contributed by atoms with van der Waals surface area (Å²) in [4.78, 5) is 11.4. The molecule has 8 nitrogen and oxygen atoms in total. The summed E-state index contributed by atoms with van der Waals surface area (Å²) in [5, 5.41) is 15.9. The molecule has 2 aromatic heterocycles. The molecule has 1 N–H and O–H groups in total. The van der Waals surface area contributed by atoms with E-state index in [4.69, 9.17) is 14.6 Å². The van der Waals surface area contributed by atoms with E-state index in [0.717, 1.165) is 38.8 Å². The highest BCUT2D eigenvalue weighted by molar-refractivity contribution is 5.73. The number of aryl methyl sites for hydroxylation is 2. The first kappa shape index (κ1) is 22.3. The van der Waals surface area contributed by atoms with Crippen molar-refractivity contribution in [1.29, 1.82) is 0 Å². The summed E-state index contributed by atoms with van der Waals surface area (Å²) in [7, 11) is 4.00. The molecule has 1 saturated carbocycles. The minimum absolute atomic E-state index is 0.419. The molecule has 4 rings (SSSR count). The van der Waals surface area contributed by atoms with E-state index in [-0.39, 0.29) is 0 Å². The van der Waals surface area contributed by atoms with E-state index in [2.05, 4.69) is 21.3 Å². The number of ether oxygens (including phenoxy) is 1. The first-order valence-corrected chi connectivity index (χ1v) is 9.72. The number of fused-ring (bicyclic) bond motifs is 1. The van der Waals surface area contributed by atoms with Gasteiger partial charge in [0.2, 0.25) is 0 Å².